The first-order chi connectivity index (χ1) is 9.82. The van der Waals surface area contributed by atoms with Crippen LogP contribution >= 0.6 is 0 Å². The summed E-state index contributed by atoms with van der Waals surface area (Å²) in [5.74, 6) is 0.843. The van der Waals surface area contributed by atoms with E-state index in [4.69, 9.17) is 10.5 Å². The molecular weight excluding hydrogens is 260 g/mol. The van der Waals surface area contributed by atoms with Crippen LogP contribution in [0.5, 0.6) is 0 Å². The monoisotopic (exact) mass is 296 g/mol. The molecule has 1 heterocycles. The van der Waals surface area contributed by atoms with Gasteiger partial charge in [-0.25, -0.2) is 0 Å². The van der Waals surface area contributed by atoms with Crippen LogP contribution in [0.15, 0.2) is 0 Å². The Bertz CT molecular complexity index is 329. The highest BCUT2D eigenvalue weighted by molar-refractivity contribution is 5.01. The summed E-state index contributed by atoms with van der Waals surface area (Å²) in [7, 11) is 0. The van der Waals surface area contributed by atoms with E-state index in [0.717, 1.165) is 32.0 Å². The number of nitrogens with zero attached hydrogens (tertiary/aromatic N) is 1. The molecule has 0 bridgehead atoms. The average molecular weight is 296 g/mol. The van der Waals surface area contributed by atoms with Crippen LogP contribution in [0.3, 0.4) is 0 Å². The number of hydrogen-bond acceptors (Lipinski definition) is 3. The van der Waals surface area contributed by atoms with Gasteiger partial charge < -0.3 is 10.5 Å². The van der Waals surface area contributed by atoms with Crippen LogP contribution < -0.4 is 5.73 Å². The first-order valence-corrected chi connectivity index (χ1v) is 8.91. The Kier molecular flexibility index (Phi) is 5.38. The van der Waals surface area contributed by atoms with Crippen LogP contribution in [-0.4, -0.2) is 42.3 Å². The van der Waals surface area contributed by atoms with E-state index in [9.17, 15) is 0 Å². The van der Waals surface area contributed by atoms with Crippen molar-refractivity contribution in [3.05, 3.63) is 0 Å². The molecule has 3 heteroatoms. The van der Waals surface area contributed by atoms with E-state index < -0.39 is 0 Å². The third kappa shape index (κ3) is 3.62. The minimum Gasteiger partial charge on any atom is -0.376 e. The Morgan fingerprint density at radius 3 is 2.33 bits per heavy atom. The quantitative estimate of drug-likeness (QED) is 0.867. The van der Waals surface area contributed by atoms with Gasteiger partial charge in [-0.1, -0.05) is 27.7 Å². The van der Waals surface area contributed by atoms with Crippen LogP contribution in [0.1, 0.15) is 66.7 Å². The Labute approximate surface area is 131 Å². The lowest BCUT2D eigenvalue weighted by atomic mass is 9.66. The van der Waals surface area contributed by atoms with Crippen molar-refractivity contribution in [1.29, 1.82) is 0 Å². The molecular formula is C18H36N2O. The fourth-order valence-corrected chi connectivity index (χ4v) is 4.39. The summed E-state index contributed by atoms with van der Waals surface area (Å²) in [4.78, 5) is 2.72. The van der Waals surface area contributed by atoms with E-state index in [2.05, 4.69) is 39.5 Å². The van der Waals surface area contributed by atoms with Crippen molar-refractivity contribution in [1.82, 2.24) is 4.90 Å². The second-order valence-corrected chi connectivity index (χ2v) is 8.43. The number of ether oxygens (including phenoxy) is 1. The van der Waals surface area contributed by atoms with Crippen molar-refractivity contribution in [3.8, 4) is 0 Å². The maximum absolute atomic E-state index is 6.30. The van der Waals surface area contributed by atoms with Gasteiger partial charge in [0.2, 0.25) is 0 Å². The Morgan fingerprint density at radius 2 is 1.86 bits per heavy atom. The summed E-state index contributed by atoms with van der Waals surface area (Å²) < 4.78 is 5.88. The highest BCUT2D eigenvalue weighted by Gasteiger charge is 2.45. The molecule has 2 fully saturated rings. The Morgan fingerprint density at radius 1 is 1.24 bits per heavy atom. The smallest absolute Gasteiger partial charge is 0.0675 e. The van der Waals surface area contributed by atoms with Gasteiger partial charge in [-0.15, -0.1) is 0 Å². The average Bonchev–Trinajstić information content (AvgIpc) is 2.46. The molecule has 1 aliphatic carbocycles. The number of morpholine rings is 1. The van der Waals surface area contributed by atoms with Gasteiger partial charge in [-0.3, -0.25) is 4.90 Å². The zero-order chi connectivity index (χ0) is 15.7. The fraction of sp³-hybridized carbons (Fsp3) is 1.00. The molecule has 1 aliphatic heterocycles. The molecule has 1 saturated carbocycles. The normalized spacial score (nSPS) is 39.4. The second kappa shape index (κ2) is 6.55. The van der Waals surface area contributed by atoms with E-state index in [-0.39, 0.29) is 5.54 Å². The number of rotatable bonds is 3. The third-order valence-corrected chi connectivity index (χ3v) is 6.07. The SMILES string of the molecule is CCC1COC(C)CN1C1(CN)CCC(C(C)(C)C)CC1. The molecule has 124 valence electrons. The molecule has 2 aliphatic rings. The van der Waals surface area contributed by atoms with E-state index in [1.54, 1.807) is 0 Å². The molecule has 1 saturated heterocycles. The molecule has 2 atom stereocenters. The largest absolute Gasteiger partial charge is 0.376 e. The fourth-order valence-electron chi connectivity index (χ4n) is 4.39. The summed E-state index contributed by atoms with van der Waals surface area (Å²) in [6, 6.07) is 0.552. The molecule has 0 amide bonds. The lowest BCUT2D eigenvalue weighted by Crippen LogP contribution is -2.64. The van der Waals surface area contributed by atoms with E-state index in [1.165, 1.54) is 25.7 Å². The van der Waals surface area contributed by atoms with Crippen molar-refractivity contribution >= 4 is 0 Å². The second-order valence-electron chi connectivity index (χ2n) is 8.43. The Balaban J connectivity index is 2.11. The minimum atomic E-state index is 0.223. The highest BCUT2D eigenvalue weighted by Crippen LogP contribution is 2.44. The molecule has 0 aromatic rings. The van der Waals surface area contributed by atoms with Crippen molar-refractivity contribution in [3.63, 3.8) is 0 Å². The van der Waals surface area contributed by atoms with Gasteiger partial charge in [0.05, 0.1) is 12.7 Å². The summed E-state index contributed by atoms with van der Waals surface area (Å²) in [6.07, 6.45) is 6.67. The number of hydrogen-bond donors (Lipinski definition) is 1. The molecule has 2 rings (SSSR count). The molecule has 0 aromatic heterocycles. The first-order valence-electron chi connectivity index (χ1n) is 8.91. The standard InChI is InChI=1S/C18H36N2O/c1-6-16-12-21-14(2)11-20(16)18(13-19)9-7-15(8-10-18)17(3,4)5/h14-16H,6-13,19H2,1-5H3. The van der Waals surface area contributed by atoms with Gasteiger partial charge in [-0.2, -0.15) is 0 Å². The van der Waals surface area contributed by atoms with Crippen molar-refractivity contribution in [2.75, 3.05) is 19.7 Å². The summed E-state index contributed by atoms with van der Waals surface area (Å²) in [6.45, 7) is 14.4. The maximum Gasteiger partial charge on any atom is 0.0675 e. The van der Waals surface area contributed by atoms with Crippen LogP contribution in [-0.2, 0) is 4.74 Å². The summed E-state index contributed by atoms with van der Waals surface area (Å²) >= 11 is 0. The predicted octanol–water partition coefficient (Wildman–Crippen LogP) is 3.42. The van der Waals surface area contributed by atoms with Gasteiger partial charge >= 0.3 is 0 Å². The molecule has 0 aromatic carbocycles. The van der Waals surface area contributed by atoms with Crippen LogP contribution in [0, 0.1) is 11.3 Å². The zero-order valence-corrected chi connectivity index (χ0v) is 14.8. The first kappa shape index (κ1) is 17.2. The van der Waals surface area contributed by atoms with Gasteiger partial charge in [0.25, 0.3) is 0 Å². The number of nitrogens with two attached hydrogens (primary N) is 1. The highest BCUT2D eigenvalue weighted by atomic mass is 16.5. The third-order valence-electron chi connectivity index (χ3n) is 6.07. The van der Waals surface area contributed by atoms with Crippen molar-refractivity contribution in [2.24, 2.45) is 17.1 Å². The topological polar surface area (TPSA) is 38.5 Å². The van der Waals surface area contributed by atoms with Crippen LogP contribution in [0.25, 0.3) is 0 Å². The van der Waals surface area contributed by atoms with Gasteiger partial charge in [0.1, 0.15) is 0 Å². The van der Waals surface area contributed by atoms with Gasteiger partial charge in [0.15, 0.2) is 0 Å². The molecule has 2 N–H and O–H groups in total. The Hall–Kier alpha value is -0.120. The van der Waals surface area contributed by atoms with E-state index in [1.807, 2.05) is 0 Å². The predicted molar refractivity (Wildman–Crippen MR) is 89.4 cm³/mol. The molecule has 21 heavy (non-hydrogen) atoms. The maximum atomic E-state index is 6.30. The van der Waals surface area contributed by atoms with Crippen LogP contribution in [0.2, 0.25) is 0 Å². The van der Waals surface area contributed by atoms with Gasteiger partial charge in [0, 0.05) is 24.7 Å². The zero-order valence-electron chi connectivity index (χ0n) is 14.8. The molecule has 2 unspecified atom stereocenters. The van der Waals surface area contributed by atoms with Crippen molar-refractivity contribution in [2.45, 2.75) is 84.4 Å². The van der Waals surface area contributed by atoms with Crippen LogP contribution in [0.4, 0.5) is 0 Å². The lowest BCUT2D eigenvalue weighted by molar-refractivity contribution is -0.113. The minimum absolute atomic E-state index is 0.223. The molecule has 3 nitrogen and oxygen atoms in total. The van der Waals surface area contributed by atoms with E-state index in [0.29, 0.717) is 17.6 Å². The van der Waals surface area contributed by atoms with E-state index >= 15 is 0 Å². The van der Waals surface area contributed by atoms with Gasteiger partial charge in [-0.05, 0) is 50.4 Å². The summed E-state index contributed by atoms with van der Waals surface area (Å²) in [5, 5.41) is 0. The molecule has 0 spiro atoms. The lowest BCUT2D eigenvalue weighted by Gasteiger charge is -2.54. The van der Waals surface area contributed by atoms with Crippen molar-refractivity contribution < 1.29 is 4.74 Å². The summed E-state index contributed by atoms with van der Waals surface area (Å²) in [5.41, 5.74) is 6.96. The molecule has 0 radical (unpaired) electrons.